The summed E-state index contributed by atoms with van der Waals surface area (Å²) in [4.78, 5) is 152. The van der Waals surface area contributed by atoms with Crippen molar-refractivity contribution in [3.8, 4) is 41.8 Å². The van der Waals surface area contributed by atoms with Crippen LogP contribution < -0.4 is 37.2 Å². The number of aliphatic hydroxyl groups excluding tert-OH is 1. The Hall–Kier alpha value is -10.3. The van der Waals surface area contributed by atoms with E-state index in [0.29, 0.717) is 112 Å². The summed E-state index contributed by atoms with van der Waals surface area (Å²) in [6, 6.07) is 8.22. The van der Waals surface area contributed by atoms with Gasteiger partial charge in [-0.1, -0.05) is 19.8 Å². The van der Waals surface area contributed by atoms with Crippen LogP contribution >= 0.6 is 45.3 Å². The first kappa shape index (κ1) is 103. The molecule has 0 unspecified atom stereocenters. The molecule has 3 saturated carbocycles. The number of rotatable bonds is 26. The molecule has 0 aromatic carbocycles. The minimum Gasteiger partial charge on any atom is -0.393 e. The number of hydrogen-bond donors (Lipinski definition) is 8. The van der Waals surface area contributed by atoms with E-state index in [2.05, 4.69) is 104 Å². The summed E-state index contributed by atoms with van der Waals surface area (Å²) in [6.07, 6.45) is 23.1. The molecule has 0 radical (unpaired) electrons. The molecule has 15 heterocycles. The van der Waals surface area contributed by atoms with Gasteiger partial charge in [0.05, 0.1) is 44.0 Å². The molecule has 8 amide bonds. The molecular weight excluding hydrogens is 1890 g/mol. The van der Waals surface area contributed by atoms with Crippen LogP contribution in [-0.2, 0) is 14.6 Å². The molecule has 10 aliphatic rings. The van der Waals surface area contributed by atoms with Gasteiger partial charge in [-0.2, -0.15) is 0 Å². The number of alkyl halides is 4. The standard InChI is InChI=1S/C27H35N5O2S.2C24H31F2N5O3S.C23H31N5O4S2/c1-15-13-22(29-16(2)17-7-8-17)28-14-21(15)24-23(27(34)32-19-9-10-20(32)12-11-19)31-26(35-24)25(33)30-18-5-3-4-6-18;1-13(2)28-18-9-14(3)17(11-27-18)20-19(23(33)31-12-24(25,26)10-15(31)4)30-22(35-20)21(32)29-16-5-7-34-8-6-16;1-5-13(3)28-18-6-12(2)17(10-27-18)20-19(23(34)31-11-24(25,26)9-14(31)4)30-22(35-20)21(33)29-15-7-16(32)8-15;1-13(2)25-18-9-14(3)17(10-24-18)20-19(22(29)28-8-6-7-15(28)4)26-21(33-20)23(30)27-11-16(12-27)34(5,31)32/h13-14,16-20H,3-12H2,1-2H3,(H,28,29)(H,30,33);9,11,13,15-16H,5-8,10,12H2,1-4H3,(H,27,28)(H,29,32);6,10,13-16,32H,5,7-9,11H2,1-4H3,(H,27,28)(H,29,33);9-10,13,15-16H,6-8,11-12H2,1-5H3,(H,24,25)/t16-,19?,20?;15-;13-,14+,15?,16?;15-/m1010/s1. The third-order valence-corrected chi connectivity index (χ3v) is 33.5. The van der Waals surface area contributed by atoms with Gasteiger partial charge in [0.15, 0.2) is 29.9 Å². The minimum atomic E-state index is -3.20. The summed E-state index contributed by atoms with van der Waals surface area (Å²) < 4.78 is 85.0. The molecule has 8 aromatic heterocycles. The average Bonchev–Trinajstić information content (AvgIpc) is 1.62. The number of amides is 8. The molecule has 3 aliphatic carbocycles. The van der Waals surface area contributed by atoms with Crippen LogP contribution in [0.1, 0.15) is 295 Å². The second-order valence-corrected chi connectivity index (χ2v) is 46.1. The Kier molecular flexibility index (Phi) is 32.0. The lowest BCUT2D eigenvalue weighted by Gasteiger charge is -2.37. The van der Waals surface area contributed by atoms with Crippen molar-refractivity contribution in [2.45, 2.75) is 315 Å². The number of aryl methyl sites for hydroxylation is 4. The predicted molar refractivity (Wildman–Crippen MR) is 531 cm³/mol. The van der Waals surface area contributed by atoms with Gasteiger partial charge in [-0.3, -0.25) is 38.4 Å². The number of nitrogens with zero attached hydrogens (tertiary/aromatic N) is 13. The maximum absolute atomic E-state index is 14.0. The highest BCUT2D eigenvalue weighted by Crippen LogP contribution is 2.46. The lowest BCUT2D eigenvalue weighted by molar-refractivity contribution is 0.0115. The molecule has 10 fully saturated rings. The van der Waals surface area contributed by atoms with Crippen molar-refractivity contribution in [2.24, 2.45) is 5.92 Å². The topological polar surface area (TPSA) is 404 Å². The zero-order chi connectivity index (χ0) is 99.7. The van der Waals surface area contributed by atoms with Crippen molar-refractivity contribution in [3.05, 3.63) is 114 Å². The van der Waals surface area contributed by atoms with Crippen molar-refractivity contribution >= 4 is 126 Å². The van der Waals surface area contributed by atoms with Crippen LogP contribution in [0.4, 0.5) is 40.8 Å². The lowest BCUT2D eigenvalue weighted by Crippen LogP contribution is -2.56. The van der Waals surface area contributed by atoms with Crippen LogP contribution in [0, 0.1) is 33.6 Å². The van der Waals surface area contributed by atoms with E-state index in [9.17, 15) is 69.4 Å². The van der Waals surface area contributed by atoms with E-state index in [0.717, 1.165) is 159 Å². The Balaban J connectivity index is 0.000000140. The number of hydrogen-bond acceptors (Lipinski definition) is 28. The van der Waals surface area contributed by atoms with Gasteiger partial charge in [0.1, 0.15) is 46.0 Å². The molecule has 2 bridgehead atoms. The van der Waals surface area contributed by atoms with Crippen molar-refractivity contribution in [2.75, 3.05) is 73.5 Å². The number of likely N-dealkylation sites (tertiary alicyclic amines) is 4. The van der Waals surface area contributed by atoms with Gasteiger partial charge < -0.3 is 71.6 Å². The van der Waals surface area contributed by atoms with Crippen LogP contribution in [0.3, 0.4) is 0 Å². The van der Waals surface area contributed by atoms with E-state index < -0.39 is 88.8 Å². The molecule has 750 valence electrons. The summed E-state index contributed by atoms with van der Waals surface area (Å²) in [6.45, 7) is 28.1. The number of sulfone groups is 1. The van der Waals surface area contributed by atoms with Crippen molar-refractivity contribution in [3.63, 3.8) is 0 Å². The monoisotopic (exact) mass is 2010 g/mol. The number of fused-ring (bicyclic) bond motifs is 2. The third kappa shape index (κ3) is 24.4. The van der Waals surface area contributed by atoms with Crippen LogP contribution in [0.5, 0.6) is 0 Å². The highest BCUT2D eigenvalue weighted by Gasteiger charge is 2.50. The number of halogens is 4. The molecule has 5 atom stereocenters. The Labute approximate surface area is 824 Å². The van der Waals surface area contributed by atoms with Gasteiger partial charge in [-0.15, -0.1) is 45.3 Å². The first-order valence-corrected chi connectivity index (χ1v) is 53.8. The molecular formula is C98H128F4N20O12S5. The maximum Gasteiger partial charge on any atom is 0.282 e. The van der Waals surface area contributed by atoms with Crippen LogP contribution in [0.15, 0.2) is 49.1 Å². The van der Waals surface area contributed by atoms with Crippen LogP contribution in [0.2, 0.25) is 0 Å². The number of aromatic nitrogens is 8. The van der Waals surface area contributed by atoms with Gasteiger partial charge in [0, 0.05) is 171 Å². The zero-order valence-electron chi connectivity index (χ0n) is 81.5. The summed E-state index contributed by atoms with van der Waals surface area (Å²) in [5.41, 5.74) is 7.19. The number of ether oxygens (including phenoxy) is 1. The van der Waals surface area contributed by atoms with E-state index in [4.69, 9.17) is 4.74 Å². The predicted octanol–water partition coefficient (Wildman–Crippen LogP) is 15.9. The first-order chi connectivity index (χ1) is 65.9. The number of pyridine rings is 4. The highest BCUT2D eigenvalue weighted by molar-refractivity contribution is 7.91. The second-order valence-electron chi connectivity index (χ2n) is 39.8. The summed E-state index contributed by atoms with van der Waals surface area (Å²) in [7, 11) is -3.20. The molecule has 7 saturated heterocycles. The summed E-state index contributed by atoms with van der Waals surface area (Å²) in [5.74, 6) is -4.97. The van der Waals surface area contributed by atoms with Crippen molar-refractivity contribution < 1.29 is 74.2 Å². The van der Waals surface area contributed by atoms with Gasteiger partial charge in [-0.25, -0.2) is 65.9 Å². The van der Waals surface area contributed by atoms with Gasteiger partial charge in [-0.05, 0) is 239 Å². The number of anilines is 4. The summed E-state index contributed by atoms with van der Waals surface area (Å²) >= 11 is 4.63. The molecule has 0 spiro atoms. The molecule has 18 rings (SSSR count). The molecule has 32 nitrogen and oxygen atoms in total. The Morgan fingerprint density at radius 2 is 0.849 bits per heavy atom. The first-order valence-electron chi connectivity index (χ1n) is 48.6. The smallest absolute Gasteiger partial charge is 0.282 e. The van der Waals surface area contributed by atoms with Crippen molar-refractivity contribution in [1.29, 1.82) is 0 Å². The van der Waals surface area contributed by atoms with Gasteiger partial charge in [0.2, 0.25) is 0 Å². The second kappa shape index (κ2) is 43.2. The highest BCUT2D eigenvalue weighted by atomic mass is 32.2. The Morgan fingerprint density at radius 3 is 1.21 bits per heavy atom. The molecule has 41 heteroatoms. The quantitative estimate of drug-likeness (QED) is 0.0233. The number of nitrogens with one attached hydrogen (secondary N) is 7. The molecule has 139 heavy (non-hydrogen) atoms. The number of aliphatic hydroxyl groups is 1. The number of carbonyl (C=O) groups is 8. The fourth-order valence-corrected chi connectivity index (χ4v) is 24.4. The van der Waals surface area contributed by atoms with Crippen LogP contribution in [-0.4, -0.2) is 273 Å². The minimum absolute atomic E-state index is 0.00569. The molecule has 7 aliphatic heterocycles. The Bertz CT molecular complexity index is 5980. The van der Waals surface area contributed by atoms with Crippen molar-refractivity contribution in [1.82, 2.24) is 80.3 Å². The normalized spacial score (nSPS) is 22.0. The fraction of sp³-hybridized carbons (Fsp3) is 0.592. The van der Waals surface area contributed by atoms with Gasteiger partial charge >= 0.3 is 0 Å². The number of thiazole rings is 4. The van der Waals surface area contributed by atoms with E-state index in [1.165, 1.54) is 46.7 Å². The van der Waals surface area contributed by atoms with E-state index in [1.807, 2.05) is 96.5 Å². The lowest BCUT2D eigenvalue weighted by atomic mass is 9.89. The average molecular weight is 2010 g/mol. The number of carbonyl (C=O) groups excluding carboxylic acids is 8. The zero-order valence-corrected chi connectivity index (χ0v) is 85.6. The maximum atomic E-state index is 14.0. The van der Waals surface area contributed by atoms with Crippen LogP contribution in [0.25, 0.3) is 41.8 Å². The van der Waals surface area contributed by atoms with E-state index >= 15 is 0 Å². The van der Waals surface area contributed by atoms with E-state index in [-0.39, 0.29) is 117 Å². The fourth-order valence-electron chi connectivity index (χ4n) is 19.3. The SMILES string of the molecule is CC[C@@H](C)Nc1cc(C)c(-c2sc(C(=O)NC3CC(O)C3)nc2C(=O)N2CC(F)(F)C[C@@H]2C)cn1.Cc1cc(NC(C)C)ncc1-c1sc(C(=O)N2CC(S(C)(=O)=O)C2)nc1C(=O)N1CCC[C@@H]1C.Cc1cc(NC(C)C)ncc1-c1sc(C(=O)NC2CCOCC2)nc1C(=O)N1CC(F)(F)C[C@@H]1C.Cc1cc(N[C@H](C)C2CC2)ncc1-c1sc(C(=O)NC2CCCC2)nc1C(=O)N1C2CCC1CC2. The molecule has 8 N–H and O–H groups in total. The third-order valence-electron chi connectivity index (χ3n) is 27.6. The largest absolute Gasteiger partial charge is 0.393 e. The molecule has 8 aromatic rings. The summed E-state index contributed by atoms with van der Waals surface area (Å²) in [5, 5.41) is 32.0. The van der Waals surface area contributed by atoms with E-state index in [1.54, 1.807) is 32.4 Å². The Morgan fingerprint density at radius 1 is 0.475 bits per heavy atom. The van der Waals surface area contributed by atoms with Gasteiger partial charge in [0.25, 0.3) is 59.1 Å².